The number of rotatable bonds is 3. The average Bonchev–Trinajstić information content (AvgIpc) is 2.95. The SMILES string of the molecule is O=C(O)CC1CCN(c2ccc3nc[nH]c3c2)C1. The molecule has 1 aliphatic heterocycles. The summed E-state index contributed by atoms with van der Waals surface area (Å²) >= 11 is 0. The molecule has 0 aliphatic carbocycles. The molecule has 1 aromatic heterocycles. The van der Waals surface area contributed by atoms with Gasteiger partial charge in [-0.2, -0.15) is 0 Å². The molecule has 0 bridgehead atoms. The molecule has 2 N–H and O–H groups in total. The van der Waals surface area contributed by atoms with E-state index in [9.17, 15) is 4.79 Å². The predicted octanol–water partition coefficient (Wildman–Crippen LogP) is 1.86. The summed E-state index contributed by atoms with van der Waals surface area (Å²) in [6.45, 7) is 1.75. The van der Waals surface area contributed by atoms with Gasteiger partial charge in [0.1, 0.15) is 0 Å². The van der Waals surface area contributed by atoms with E-state index in [2.05, 4.69) is 20.9 Å². The smallest absolute Gasteiger partial charge is 0.303 e. The number of H-pyrrole nitrogens is 1. The van der Waals surface area contributed by atoms with Crippen LogP contribution in [-0.2, 0) is 4.79 Å². The van der Waals surface area contributed by atoms with Crippen molar-refractivity contribution in [2.45, 2.75) is 12.8 Å². The predicted molar refractivity (Wildman–Crippen MR) is 68.7 cm³/mol. The number of fused-ring (bicyclic) bond motifs is 1. The summed E-state index contributed by atoms with van der Waals surface area (Å²) in [7, 11) is 0. The van der Waals surface area contributed by atoms with Crippen LogP contribution in [0.4, 0.5) is 5.69 Å². The first kappa shape index (κ1) is 11.1. The molecule has 2 aromatic rings. The van der Waals surface area contributed by atoms with Crippen molar-refractivity contribution >= 4 is 22.7 Å². The Labute approximate surface area is 104 Å². The standard InChI is InChI=1S/C13H15N3O2/c17-13(18)5-9-3-4-16(7-9)10-1-2-11-12(6-10)15-8-14-11/h1-2,6,8-9H,3-5,7H2,(H,14,15)(H,17,18). The first-order chi connectivity index (χ1) is 8.72. The number of carboxylic acid groups (broad SMARTS) is 1. The second-order valence-corrected chi connectivity index (χ2v) is 4.80. The van der Waals surface area contributed by atoms with Crippen LogP contribution in [0.5, 0.6) is 0 Å². The van der Waals surface area contributed by atoms with E-state index in [1.807, 2.05) is 12.1 Å². The lowest BCUT2D eigenvalue weighted by atomic mass is 10.1. The number of hydrogen-bond acceptors (Lipinski definition) is 3. The minimum Gasteiger partial charge on any atom is -0.481 e. The van der Waals surface area contributed by atoms with Crippen molar-refractivity contribution in [2.24, 2.45) is 5.92 Å². The zero-order valence-corrected chi connectivity index (χ0v) is 9.97. The van der Waals surface area contributed by atoms with Crippen molar-refractivity contribution in [3.05, 3.63) is 24.5 Å². The van der Waals surface area contributed by atoms with E-state index in [0.717, 1.165) is 36.2 Å². The van der Waals surface area contributed by atoms with Crippen LogP contribution in [0.25, 0.3) is 11.0 Å². The summed E-state index contributed by atoms with van der Waals surface area (Å²) in [5, 5.41) is 8.81. The number of anilines is 1. The van der Waals surface area contributed by atoms with Crippen LogP contribution in [0.2, 0.25) is 0 Å². The lowest BCUT2D eigenvalue weighted by Crippen LogP contribution is -2.20. The van der Waals surface area contributed by atoms with Gasteiger partial charge in [-0.1, -0.05) is 0 Å². The van der Waals surface area contributed by atoms with Gasteiger partial charge in [-0.3, -0.25) is 4.79 Å². The maximum Gasteiger partial charge on any atom is 0.303 e. The van der Waals surface area contributed by atoms with Gasteiger partial charge >= 0.3 is 5.97 Å². The highest BCUT2D eigenvalue weighted by Crippen LogP contribution is 2.27. The largest absolute Gasteiger partial charge is 0.481 e. The van der Waals surface area contributed by atoms with E-state index in [-0.39, 0.29) is 12.3 Å². The van der Waals surface area contributed by atoms with E-state index in [1.54, 1.807) is 6.33 Å². The Morgan fingerprint density at radius 1 is 1.56 bits per heavy atom. The Bertz CT molecular complexity index is 578. The van der Waals surface area contributed by atoms with Gasteiger partial charge < -0.3 is 15.0 Å². The molecule has 3 rings (SSSR count). The van der Waals surface area contributed by atoms with Crippen LogP contribution < -0.4 is 4.90 Å². The fourth-order valence-corrected chi connectivity index (χ4v) is 2.60. The number of carbonyl (C=O) groups is 1. The Hall–Kier alpha value is -2.04. The van der Waals surface area contributed by atoms with Gasteiger partial charge in [0.25, 0.3) is 0 Å². The monoisotopic (exact) mass is 245 g/mol. The molecule has 0 amide bonds. The molecule has 1 aromatic carbocycles. The van der Waals surface area contributed by atoms with Gasteiger partial charge in [0.15, 0.2) is 0 Å². The molecule has 94 valence electrons. The van der Waals surface area contributed by atoms with Crippen LogP contribution >= 0.6 is 0 Å². The van der Waals surface area contributed by atoms with E-state index in [4.69, 9.17) is 5.11 Å². The molecule has 1 aliphatic rings. The van der Waals surface area contributed by atoms with Gasteiger partial charge in [-0.05, 0) is 30.5 Å². The van der Waals surface area contributed by atoms with Gasteiger partial charge in [0.05, 0.1) is 17.4 Å². The Morgan fingerprint density at radius 3 is 3.28 bits per heavy atom. The summed E-state index contributed by atoms with van der Waals surface area (Å²) in [4.78, 5) is 20.2. The minimum atomic E-state index is -0.703. The van der Waals surface area contributed by atoms with Crippen molar-refractivity contribution in [3.63, 3.8) is 0 Å². The molecule has 0 spiro atoms. The van der Waals surface area contributed by atoms with Gasteiger partial charge in [0.2, 0.25) is 0 Å². The van der Waals surface area contributed by atoms with Crippen molar-refractivity contribution in [1.82, 2.24) is 9.97 Å². The normalized spacial score (nSPS) is 19.6. The topological polar surface area (TPSA) is 69.2 Å². The fourth-order valence-electron chi connectivity index (χ4n) is 2.60. The summed E-state index contributed by atoms with van der Waals surface area (Å²) in [6, 6.07) is 6.11. The molecule has 0 saturated carbocycles. The highest BCUT2D eigenvalue weighted by Gasteiger charge is 2.24. The number of benzene rings is 1. The fraction of sp³-hybridized carbons (Fsp3) is 0.385. The highest BCUT2D eigenvalue weighted by atomic mass is 16.4. The molecule has 5 nitrogen and oxygen atoms in total. The number of nitrogens with one attached hydrogen (secondary N) is 1. The van der Waals surface area contributed by atoms with Gasteiger partial charge in [-0.25, -0.2) is 4.98 Å². The molecular weight excluding hydrogens is 230 g/mol. The molecular formula is C13H15N3O2. The molecule has 1 unspecified atom stereocenters. The average molecular weight is 245 g/mol. The number of nitrogens with zero attached hydrogens (tertiary/aromatic N) is 2. The molecule has 0 radical (unpaired) electrons. The third kappa shape index (κ3) is 2.03. The third-order valence-electron chi connectivity index (χ3n) is 3.52. The van der Waals surface area contributed by atoms with E-state index < -0.39 is 5.97 Å². The maximum atomic E-state index is 10.7. The van der Waals surface area contributed by atoms with E-state index in [1.165, 1.54) is 0 Å². The highest BCUT2D eigenvalue weighted by molar-refractivity contribution is 5.79. The van der Waals surface area contributed by atoms with Crippen LogP contribution in [-0.4, -0.2) is 34.1 Å². The van der Waals surface area contributed by atoms with Gasteiger partial charge in [-0.15, -0.1) is 0 Å². The lowest BCUT2D eigenvalue weighted by molar-refractivity contribution is -0.137. The molecule has 2 heterocycles. The van der Waals surface area contributed by atoms with Crippen LogP contribution in [0.15, 0.2) is 24.5 Å². The van der Waals surface area contributed by atoms with Gasteiger partial charge in [0, 0.05) is 25.2 Å². The van der Waals surface area contributed by atoms with E-state index in [0.29, 0.717) is 0 Å². The molecule has 1 fully saturated rings. The van der Waals surface area contributed by atoms with Crippen molar-refractivity contribution in [1.29, 1.82) is 0 Å². The lowest BCUT2D eigenvalue weighted by Gasteiger charge is -2.18. The zero-order chi connectivity index (χ0) is 12.5. The maximum absolute atomic E-state index is 10.7. The molecule has 5 heteroatoms. The Kier molecular flexibility index (Phi) is 2.66. The van der Waals surface area contributed by atoms with E-state index >= 15 is 0 Å². The van der Waals surface area contributed by atoms with Crippen molar-refractivity contribution < 1.29 is 9.90 Å². The summed E-state index contributed by atoms with van der Waals surface area (Å²) in [5.41, 5.74) is 3.12. The summed E-state index contributed by atoms with van der Waals surface area (Å²) < 4.78 is 0. The summed E-state index contributed by atoms with van der Waals surface area (Å²) in [6.07, 6.45) is 2.90. The first-order valence-electron chi connectivity index (χ1n) is 6.12. The second kappa shape index (κ2) is 4.33. The third-order valence-corrected chi connectivity index (χ3v) is 3.52. The first-order valence-corrected chi connectivity index (χ1v) is 6.12. The number of aromatic nitrogens is 2. The molecule has 1 saturated heterocycles. The van der Waals surface area contributed by atoms with Crippen LogP contribution in [0.3, 0.4) is 0 Å². The number of imidazole rings is 1. The molecule has 18 heavy (non-hydrogen) atoms. The Balaban J connectivity index is 1.77. The van der Waals surface area contributed by atoms with Crippen molar-refractivity contribution in [2.75, 3.05) is 18.0 Å². The quantitative estimate of drug-likeness (QED) is 0.866. The second-order valence-electron chi connectivity index (χ2n) is 4.80. The number of aromatic amines is 1. The van der Waals surface area contributed by atoms with Crippen LogP contribution in [0.1, 0.15) is 12.8 Å². The number of hydrogen-bond donors (Lipinski definition) is 2. The van der Waals surface area contributed by atoms with Crippen molar-refractivity contribution in [3.8, 4) is 0 Å². The minimum absolute atomic E-state index is 0.264. The Morgan fingerprint density at radius 2 is 2.44 bits per heavy atom. The summed E-state index contributed by atoms with van der Waals surface area (Å²) in [5.74, 6) is -0.439. The molecule has 1 atom stereocenters. The zero-order valence-electron chi connectivity index (χ0n) is 9.97. The number of carboxylic acids is 1. The van der Waals surface area contributed by atoms with Crippen LogP contribution in [0, 0.1) is 5.92 Å². The number of aliphatic carboxylic acids is 1.